The second-order valence-corrected chi connectivity index (χ2v) is 8.64. The average Bonchev–Trinajstić information content (AvgIpc) is 3.08. The number of carbonyl (C=O) groups excluding carboxylic acids is 2. The van der Waals surface area contributed by atoms with E-state index in [-0.39, 0.29) is 11.3 Å². The van der Waals surface area contributed by atoms with Crippen LogP contribution in [0.15, 0.2) is 58.6 Å². The molecule has 0 spiro atoms. The van der Waals surface area contributed by atoms with E-state index < -0.39 is 17.7 Å². The number of morpholine rings is 1. The Kier molecular flexibility index (Phi) is 6.93. The second kappa shape index (κ2) is 9.85. The number of nitrogens with zero attached hydrogens (tertiary/aromatic N) is 2. The topological polar surface area (TPSA) is 79.3 Å². The number of carbonyl (C=O) groups is 2. The van der Waals surface area contributed by atoms with Gasteiger partial charge in [0.05, 0.1) is 31.9 Å². The van der Waals surface area contributed by atoms with Gasteiger partial charge in [0, 0.05) is 36.2 Å². The summed E-state index contributed by atoms with van der Waals surface area (Å²) >= 11 is 3.43. The maximum atomic E-state index is 13.1. The first kappa shape index (κ1) is 22.5. The van der Waals surface area contributed by atoms with E-state index >= 15 is 0 Å². The van der Waals surface area contributed by atoms with Gasteiger partial charge in [-0.1, -0.05) is 28.1 Å². The molecule has 0 aliphatic carbocycles. The smallest absolute Gasteiger partial charge is 0.295 e. The fourth-order valence-electron chi connectivity index (χ4n) is 4.08. The number of rotatable bonds is 6. The summed E-state index contributed by atoms with van der Waals surface area (Å²) in [6.45, 7) is 3.91. The van der Waals surface area contributed by atoms with E-state index in [0.29, 0.717) is 37.6 Å². The lowest BCUT2D eigenvalue weighted by Crippen LogP contribution is -2.42. The number of ether oxygens (including phenoxy) is 2. The normalized spacial score (nSPS) is 21.2. The summed E-state index contributed by atoms with van der Waals surface area (Å²) in [4.78, 5) is 29.9. The summed E-state index contributed by atoms with van der Waals surface area (Å²) in [6.07, 6.45) is 0. The zero-order chi connectivity index (χ0) is 22.7. The lowest BCUT2D eigenvalue weighted by Gasteiger charge is -2.31. The summed E-state index contributed by atoms with van der Waals surface area (Å²) in [5.74, 6) is -0.820. The van der Waals surface area contributed by atoms with Gasteiger partial charge < -0.3 is 19.5 Å². The largest absolute Gasteiger partial charge is 0.507 e. The van der Waals surface area contributed by atoms with E-state index in [2.05, 4.69) is 20.8 Å². The minimum atomic E-state index is -0.673. The molecule has 2 aliphatic heterocycles. The van der Waals surface area contributed by atoms with E-state index in [9.17, 15) is 14.7 Å². The molecule has 2 aromatic carbocycles. The number of benzene rings is 2. The summed E-state index contributed by atoms with van der Waals surface area (Å²) < 4.78 is 11.5. The fourth-order valence-corrected chi connectivity index (χ4v) is 4.34. The van der Waals surface area contributed by atoms with E-state index in [0.717, 1.165) is 23.1 Å². The van der Waals surface area contributed by atoms with Crippen LogP contribution in [0.1, 0.15) is 17.2 Å². The molecule has 2 saturated heterocycles. The third-order valence-electron chi connectivity index (χ3n) is 5.85. The van der Waals surface area contributed by atoms with Crippen LogP contribution in [0, 0.1) is 0 Å². The van der Waals surface area contributed by atoms with Crippen molar-refractivity contribution in [3.8, 4) is 5.75 Å². The lowest BCUT2D eigenvalue weighted by molar-refractivity contribution is -0.140. The molecule has 0 saturated carbocycles. The first-order valence-electron chi connectivity index (χ1n) is 10.5. The minimum absolute atomic E-state index is 0.101. The van der Waals surface area contributed by atoms with Crippen molar-refractivity contribution >= 4 is 33.4 Å². The first-order valence-corrected chi connectivity index (χ1v) is 11.3. The van der Waals surface area contributed by atoms with Crippen molar-refractivity contribution in [2.45, 2.75) is 6.04 Å². The number of Topliss-reactive ketones (excluding diaryl/α,β-unsaturated/α-hetero) is 1. The third kappa shape index (κ3) is 4.57. The van der Waals surface area contributed by atoms with Crippen molar-refractivity contribution in [2.75, 3.05) is 46.5 Å². The highest BCUT2D eigenvalue weighted by Gasteiger charge is 2.46. The maximum Gasteiger partial charge on any atom is 0.295 e. The van der Waals surface area contributed by atoms with Gasteiger partial charge in [-0.05, 0) is 42.0 Å². The van der Waals surface area contributed by atoms with E-state index in [4.69, 9.17) is 9.47 Å². The van der Waals surface area contributed by atoms with Gasteiger partial charge in [0.15, 0.2) is 0 Å². The Morgan fingerprint density at radius 3 is 2.34 bits per heavy atom. The Morgan fingerprint density at radius 1 is 1.06 bits per heavy atom. The van der Waals surface area contributed by atoms with E-state index in [1.54, 1.807) is 36.3 Å². The molecule has 0 bridgehead atoms. The van der Waals surface area contributed by atoms with Crippen LogP contribution < -0.4 is 4.74 Å². The third-order valence-corrected chi connectivity index (χ3v) is 6.38. The maximum absolute atomic E-state index is 13.1. The molecule has 0 radical (unpaired) electrons. The Morgan fingerprint density at radius 2 is 1.72 bits per heavy atom. The zero-order valence-electron chi connectivity index (χ0n) is 17.8. The second-order valence-electron chi connectivity index (χ2n) is 7.73. The summed E-state index contributed by atoms with van der Waals surface area (Å²) in [6, 6.07) is 13.6. The Labute approximate surface area is 195 Å². The predicted molar refractivity (Wildman–Crippen MR) is 123 cm³/mol. The molecule has 8 heteroatoms. The zero-order valence-corrected chi connectivity index (χ0v) is 19.4. The van der Waals surface area contributed by atoms with Crippen LogP contribution in [0.5, 0.6) is 5.75 Å². The van der Waals surface area contributed by atoms with Crippen molar-refractivity contribution < 1.29 is 24.2 Å². The van der Waals surface area contributed by atoms with Crippen LogP contribution >= 0.6 is 15.9 Å². The molecule has 32 heavy (non-hydrogen) atoms. The number of amides is 1. The Bertz CT molecular complexity index is 1010. The van der Waals surface area contributed by atoms with Crippen molar-refractivity contribution in [3.05, 3.63) is 69.7 Å². The average molecular weight is 501 g/mol. The standard InChI is InChI=1S/C24H25BrN2O5/c1-31-19-8-4-17(5-9-19)22(28)20-21(16-2-6-18(25)7-3-16)27(24(30)23(20)29)11-10-26-12-14-32-15-13-26/h2-9,21,28H,10-15H2,1H3/b22-20-. The SMILES string of the molecule is COc1ccc(/C(O)=C2/C(=O)C(=O)N(CCN3CCOCC3)C2c2ccc(Br)cc2)cc1. The molecule has 168 valence electrons. The van der Waals surface area contributed by atoms with Crippen LogP contribution in [0.2, 0.25) is 0 Å². The van der Waals surface area contributed by atoms with Gasteiger partial charge >= 0.3 is 0 Å². The van der Waals surface area contributed by atoms with Gasteiger partial charge in [-0.15, -0.1) is 0 Å². The summed E-state index contributed by atoms with van der Waals surface area (Å²) in [5.41, 5.74) is 1.33. The van der Waals surface area contributed by atoms with E-state index in [1.807, 2.05) is 24.3 Å². The van der Waals surface area contributed by atoms with Gasteiger partial charge in [0.1, 0.15) is 11.5 Å². The first-order chi connectivity index (χ1) is 15.5. The monoisotopic (exact) mass is 500 g/mol. The minimum Gasteiger partial charge on any atom is -0.507 e. The van der Waals surface area contributed by atoms with Crippen molar-refractivity contribution in [1.29, 1.82) is 0 Å². The number of aliphatic hydroxyl groups excluding tert-OH is 1. The molecule has 2 heterocycles. The number of likely N-dealkylation sites (tertiary alicyclic amines) is 1. The molecule has 2 aliphatic rings. The number of aliphatic hydroxyl groups is 1. The van der Waals surface area contributed by atoms with Crippen LogP contribution in [0.25, 0.3) is 5.76 Å². The van der Waals surface area contributed by atoms with Crippen LogP contribution in [-0.2, 0) is 14.3 Å². The highest BCUT2D eigenvalue weighted by atomic mass is 79.9. The number of ketones is 1. The quantitative estimate of drug-likeness (QED) is 0.372. The van der Waals surface area contributed by atoms with Gasteiger partial charge in [-0.2, -0.15) is 0 Å². The number of halogens is 1. The summed E-state index contributed by atoms with van der Waals surface area (Å²) in [7, 11) is 1.56. The molecule has 0 aromatic heterocycles. The molecule has 1 N–H and O–H groups in total. The summed E-state index contributed by atoms with van der Waals surface area (Å²) in [5, 5.41) is 11.1. The van der Waals surface area contributed by atoms with Gasteiger partial charge in [0.2, 0.25) is 0 Å². The van der Waals surface area contributed by atoms with Crippen molar-refractivity contribution in [3.63, 3.8) is 0 Å². The molecule has 2 aromatic rings. The molecule has 1 atom stereocenters. The fraction of sp³-hybridized carbons (Fsp3) is 0.333. The van der Waals surface area contributed by atoms with Crippen LogP contribution in [-0.4, -0.2) is 73.1 Å². The molecule has 1 amide bonds. The highest BCUT2D eigenvalue weighted by Crippen LogP contribution is 2.39. The highest BCUT2D eigenvalue weighted by molar-refractivity contribution is 9.10. The van der Waals surface area contributed by atoms with Crippen LogP contribution in [0.4, 0.5) is 0 Å². The van der Waals surface area contributed by atoms with E-state index in [1.165, 1.54) is 0 Å². The number of methoxy groups -OCH3 is 1. The van der Waals surface area contributed by atoms with Gasteiger partial charge in [-0.3, -0.25) is 14.5 Å². The molecular formula is C24H25BrN2O5. The molecule has 1 unspecified atom stereocenters. The molecule has 2 fully saturated rings. The van der Waals surface area contributed by atoms with Crippen molar-refractivity contribution in [1.82, 2.24) is 9.80 Å². The lowest BCUT2D eigenvalue weighted by atomic mass is 9.95. The number of hydrogen-bond donors (Lipinski definition) is 1. The van der Waals surface area contributed by atoms with Crippen LogP contribution in [0.3, 0.4) is 0 Å². The van der Waals surface area contributed by atoms with Crippen molar-refractivity contribution in [2.24, 2.45) is 0 Å². The predicted octanol–water partition coefficient (Wildman–Crippen LogP) is 3.21. The Hall–Kier alpha value is -2.68. The molecule has 4 rings (SSSR count). The van der Waals surface area contributed by atoms with Gasteiger partial charge in [-0.25, -0.2) is 0 Å². The number of hydrogen-bond acceptors (Lipinski definition) is 6. The molecule has 7 nitrogen and oxygen atoms in total. The van der Waals surface area contributed by atoms with Gasteiger partial charge in [0.25, 0.3) is 11.7 Å². The Balaban J connectivity index is 1.71. The molecular weight excluding hydrogens is 476 g/mol.